The quantitative estimate of drug-likeness (QED) is 0.727. The Kier molecular flexibility index (Phi) is 4.17. The summed E-state index contributed by atoms with van der Waals surface area (Å²) in [5, 5.41) is 5.76. The van der Waals surface area contributed by atoms with E-state index < -0.39 is 0 Å². The van der Waals surface area contributed by atoms with Crippen molar-refractivity contribution in [2.75, 3.05) is 6.54 Å². The second kappa shape index (κ2) is 6.42. The van der Waals surface area contributed by atoms with Gasteiger partial charge >= 0.3 is 0 Å². The highest BCUT2D eigenvalue weighted by molar-refractivity contribution is 5.83. The maximum absolute atomic E-state index is 6.07. The summed E-state index contributed by atoms with van der Waals surface area (Å²) in [6.07, 6.45) is 0. The molecule has 0 saturated carbocycles. The van der Waals surface area contributed by atoms with E-state index >= 15 is 0 Å². The highest BCUT2D eigenvalue weighted by atomic mass is 16.5. The van der Waals surface area contributed by atoms with Gasteiger partial charge in [0.05, 0.1) is 0 Å². The number of nitrogens with one attached hydrogen (secondary N) is 1. The Hall–Kier alpha value is -2.32. The lowest BCUT2D eigenvalue weighted by atomic mass is 10.1. The summed E-state index contributed by atoms with van der Waals surface area (Å²) in [6.45, 7) is 3.87. The van der Waals surface area contributed by atoms with E-state index in [1.54, 1.807) is 0 Å². The molecule has 3 aromatic carbocycles. The molecule has 21 heavy (non-hydrogen) atoms. The zero-order chi connectivity index (χ0) is 14.5. The van der Waals surface area contributed by atoms with E-state index in [9.17, 15) is 0 Å². The van der Waals surface area contributed by atoms with Crippen LogP contribution in [0.3, 0.4) is 0 Å². The van der Waals surface area contributed by atoms with E-state index in [4.69, 9.17) is 4.74 Å². The largest absolute Gasteiger partial charge is 0.457 e. The first-order valence-electron chi connectivity index (χ1n) is 7.32. The van der Waals surface area contributed by atoms with E-state index in [2.05, 4.69) is 48.6 Å². The summed E-state index contributed by atoms with van der Waals surface area (Å²) in [7, 11) is 0. The Balaban J connectivity index is 1.87. The van der Waals surface area contributed by atoms with Gasteiger partial charge in [0.25, 0.3) is 0 Å². The molecular formula is C19H19NO. The van der Waals surface area contributed by atoms with Crippen molar-refractivity contribution in [2.24, 2.45) is 0 Å². The maximum Gasteiger partial charge on any atom is 0.131 e. The van der Waals surface area contributed by atoms with Gasteiger partial charge in [0.1, 0.15) is 11.5 Å². The molecule has 0 aromatic heterocycles. The van der Waals surface area contributed by atoms with Gasteiger partial charge in [-0.25, -0.2) is 0 Å². The Morgan fingerprint density at radius 1 is 0.857 bits per heavy atom. The summed E-state index contributed by atoms with van der Waals surface area (Å²) in [5.41, 5.74) is 1.17. The van der Waals surface area contributed by atoms with Crippen LogP contribution in [0, 0.1) is 0 Å². The standard InChI is InChI=1S/C19H19NO/c1-2-20-14-17-9-5-6-10-19(17)21-18-12-11-15-7-3-4-8-16(15)13-18/h3-13,20H,2,14H2,1H3. The molecule has 0 amide bonds. The number of hydrogen-bond acceptors (Lipinski definition) is 2. The third-order valence-electron chi connectivity index (χ3n) is 3.49. The molecule has 0 aliphatic carbocycles. The van der Waals surface area contributed by atoms with Crippen molar-refractivity contribution in [3.05, 3.63) is 72.3 Å². The first-order valence-corrected chi connectivity index (χ1v) is 7.32. The summed E-state index contributed by atoms with van der Waals surface area (Å²) < 4.78 is 6.07. The summed E-state index contributed by atoms with van der Waals surface area (Å²) >= 11 is 0. The number of benzene rings is 3. The highest BCUT2D eigenvalue weighted by Crippen LogP contribution is 2.28. The molecule has 0 saturated heterocycles. The van der Waals surface area contributed by atoms with Crippen LogP contribution >= 0.6 is 0 Å². The molecule has 0 heterocycles. The van der Waals surface area contributed by atoms with Crippen molar-refractivity contribution in [1.82, 2.24) is 5.32 Å². The fourth-order valence-electron chi connectivity index (χ4n) is 2.37. The van der Waals surface area contributed by atoms with Gasteiger partial charge in [-0.1, -0.05) is 55.5 Å². The minimum atomic E-state index is 0.820. The molecule has 0 unspecified atom stereocenters. The van der Waals surface area contributed by atoms with Crippen LogP contribution in [0.5, 0.6) is 11.5 Å². The fourth-order valence-corrected chi connectivity index (χ4v) is 2.37. The van der Waals surface area contributed by atoms with Crippen molar-refractivity contribution >= 4 is 10.8 Å². The van der Waals surface area contributed by atoms with E-state index in [1.807, 2.05) is 30.3 Å². The van der Waals surface area contributed by atoms with Gasteiger partial charge in [-0.05, 0) is 35.5 Å². The second-order valence-electron chi connectivity index (χ2n) is 5.00. The molecule has 0 radical (unpaired) electrons. The van der Waals surface area contributed by atoms with Gasteiger partial charge in [-0.15, -0.1) is 0 Å². The van der Waals surface area contributed by atoms with Crippen LogP contribution in [0.1, 0.15) is 12.5 Å². The van der Waals surface area contributed by atoms with E-state index in [1.165, 1.54) is 16.3 Å². The minimum Gasteiger partial charge on any atom is -0.457 e. The van der Waals surface area contributed by atoms with Gasteiger partial charge in [-0.3, -0.25) is 0 Å². The van der Waals surface area contributed by atoms with Crippen molar-refractivity contribution in [2.45, 2.75) is 13.5 Å². The molecule has 2 heteroatoms. The maximum atomic E-state index is 6.07. The molecule has 0 aliphatic heterocycles. The Morgan fingerprint density at radius 2 is 1.62 bits per heavy atom. The number of para-hydroxylation sites is 1. The summed E-state index contributed by atoms with van der Waals surface area (Å²) in [4.78, 5) is 0. The fraction of sp³-hybridized carbons (Fsp3) is 0.158. The van der Waals surface area contributed by atoms with Crippen LogP contribution in [0.4, 0.5) is 0 Å². The van der Waals surface area contributed by atoms with Gasteiger partial charge < -0.3 is 10.1 Å². The highest BCUT2D eigenvalue weighted by Gasteiger charge is 2.04. The van der Waals surface area contributed by atoms with Gasteiger partial charge in [0, 0.05) is 12.1 Å². The number of hydrogen-bond donors (Lipinski definition) is 1. The Bertz CT molecular complexity index is 736. The predicted octanol–water partition coefficient (Wildman–Crippen LogP) is 4.74. The lowest BCUT2D eigenvalue weighted by Gasteiger charge is -2.12. The van der Waals surface area contributed by atoms with Crippen molar-refractivity contribution in [3.8, 4) is 11.5 Å². The molecule has 3 aromatic rings. The van der Waals surface area contributed by atoms with Gasteiger partial charge in [0.2, 0.25) is 0 Å². The first-order chi connectivity index (χ1) is 10.4. The van der Waals surface area contributed by atoms with Crippen molar-refractivity contribution in [1.29, 1.82) is 0 Å². The molecule has 0 spiro atoms. The van der Waals surface area contributed by atoms with Crippen LogP contribution in [0.2, 0.25) is 0 Å². The van der Waals surface area contributed by atoms with E-state index in [-0.39, 0.29) is 0 Å². The van der Waals surface area contributed by atoms with Crippen LogP contribution in [-0.4, -0.2) is 6.54 Å². The normalized spacial score (nSPS) is 10.7. The van der Waals surface area contributed by atoms with Crippen molar-refractivity contribution < 1.29 is 4.74 Å². The molecule has 3 rings (SSSR count). The van der Waals surface area contributed by atoms with Gasteiger partial charge in [0.15, 0.2) is 0 Å². The number of ether oxygens (including phenoxy) is 1. The van der Waals surface area contributed by atoms with Gasteiger partial charge in [-0.2, -0.15) is 0 Å². The molecule has 1 N–H and O–H groups in total. The van der Waals surface area contributed by atoms with Crippen LogP contribution in [0.15, 0.2) is 66.7 Å². The average Bonchev–Trinajstić information content (AvgIpc) is 2.54. The third kappa shape index (κ3) is 3.23. The van der Waals surface area contributed by atoms with E-state index in [0.717, 1.165) is 24.6 Å². The Labute approximate surface area is 125 Å². The molecule has 0 atom stereocenters. The number of fused-ring (bicyclic) bond motifs is 1. The monoisotopic (exact) mass is 277 g/mol. The number of rotatable bonds is 5. The lowest BCUT2D eigenvalue weighted by Crippen LogP contribution is -2.12. The molecule has 0 aliphatic rings. The zero-order valence-electron chi connectivity index (χ0n) is 12.2. The molecule has 0 bridgehead atoms. The zero-order valence-corrected chi connectivity index (χ0v) is 12.2. The SMILES string of the molecule is CCNCc1ccccc1Oc1ccc2ccccc2c1. The topological polar surface area (TPSA) is 21.3 Å². The summed E-state index contributed by atoms with van der Waals surface area (Å²) in [5.74, 6) is 1.78. The second-order valence-corrected chi connectivity index (χ2v) is 5.00. The molecule has 0 fully saturated rings. The average molecular weight is 277 g/mol. The molecule has 106 valence electrons. The lowest BCUT2D eigenvalue weighted by molar-refractivity contribution is 0.474. The first kappa shape index (κ1) is 13.7. The third-order valence-corrected chi connectivity index (χ3v) is 3.49. The summed E-state index contributed by atoms with van der Waals surface area (Å²) in [6, 6.07) is 22.7. The Morgan fingerprint density at radius 3 is 2.48 bits per heavy atom. The van der Waals surface area contributed by atoms with Crippen molar-refractivity contribution in [3.63, 3.8) is 0 Å². The van der Waals surface area contributed by atoms with Crippen LogP contribution in [0.25, 0.3) is 10.8 Å². The molecule has 2 nitrogen and oxygen atoms in total. The van der Waals surface area contributed by atoms with E-state index in [0.29, 0.717) is 0 Å². The van der Waals surface area contributed by atoms with Crippen LogP contribution in [-0.2, 0) is 6.54 Å². The predicted molar refractivity (Wildman–Crippen MR) is 87.8 cm³/mol. The smallest absolute Gasteiger partial charge is 0.131 e. The van der Waals surface area contributed by atoms with Crippen LogP contribution < -0.4 is 10.1 Å². The minimum absolute atomic E-state index is 0.820. The molecular weight excluding hydrogens is 258 g/mol.